The van der Waals surface area contributed by atoms with Gasteiger partial charge in [-0.1, -0.05) is 19.9 Å². The van der Waals surface area contributed by atoms with Gasteiger partial charge in [0.15, 0.2) is 11.9 Å². The molecule has 4 rings (SSSR count). The molecule has 0 aliphatic carbocycles. The summed E-state index contributed by atoms with van der Waals surface area (Å²) in [6.45, 7) is 7.00. The minimum Gasteiger partial charge on any atom is -0.446 e. The molecule has 0 saturated carbocycles. The van der Waals surface area contributed by atoms with E-state index >= 15 is 0 Å². The average molecular weight is 431 g/mol. The van der Waals surface area contributed by atoms with Crippen molar-refractivity contribution in [3.8, 4) is 0 Å². The van der Waals surface area contributed by atoms with Gasteiger partial charge in [-0.25, -0.2) is 9.78 Å². The number of ketones is 1. The second-order valence-corrected chi connectivity index (χ2v) is 8.81. The Kier molecular flexibility index (Phi) is 6.13. The van der Waals surface area contributed by atoms with E-state index in [0.29, 0.717) is 52.2 Å². The van der Waals surface area contributed by atoms with E-state index in [4.69, 9.17) is 9.47 Å². The molecule has 3 fully saturated rings. The SMILES string of the molecule is CC(C)COC1C(=O)N2CCCC2(COC(=O)N2CCN(c3ccccn3)CC2)C1=O. The molecule has 2 amide bonds. The summed E-state index contributed by atoms with van der Waals surface area (Å²) in [6, 6.07) is 5.76. The zero-order valence-electron chi connectivity index (χ0n) is 18.2. The van der Waals surface area contributed by atoms with Gasteiger partial charge in [-0.3, -0.25) is 9.59 Å². The first kappa shape index (κ1) is 21.5. The van der Waals surface area contributed by atoms with Crippen LogP contribution in [-0.4, -0.2) is 90.1 Å². The Morgan fingerprint density at radius 1 is 1.19 bits per heavy atom. The van der Waals surface area contributed by atoms with Crippen LogP contribution in [0.3, 0.4) is 0 Å². The highest BCUT2D eigenvalue weighted by Crippen LogP contribution is 2.38. The highest BCUT2D eigenvalue weighted by Gasteiger charge is 2.61. The summed E-state index contributed by atoms with van der Waals surface area (Å²) in [5.74, 6) is 0.527. The van der Waals surface area contributed by atoms with E-state index in [1.807, 2.05) is 32.0 Å². The molecule has 0 aromatic carbocycles. The number of aromatic nitrogens is 1. The molecule has 168 valence electrons. The van der Waals surface area contributed by atoms with Crippen molar-refractivity contribution < 1.29 is 23.9 Å². The Morgan fingerprint density at radius 3 is 2.65 bits per heavy atom. The lowest BCUT2D eigenvalue weighted by atomic mass is 9.93. The molecule has 3 aliphatic heterocycles. The molecule has 4 heterocycles. The van der Waals surface area contributed by atoms with Crippen molar-refractivity contribution in [2.75, 3.05) is 50.8 Å². The number of amides is 2. The van der Waals surface area contributed by atoms with Crippen LogP contribution in [0, 0.1) is 5.92 Å². The van der Waals surface area contributed by atoms with E-state index in [9.17, 15) is 14.4 Å². The maximum atomic E-state index is 13.1. The fraction of sp³-hybridized carbons (Fsp3) is 0.636. The van der Waals surface area contributed by atoms with Gasteiger partial charge < -0.3 is 24.2 Å². The highest BCUT2D eigenvalue weighted by molar-refractivity contribution is 6.16. The van der Waals surface area contributed by atoms with Crippen LogP contribution in [-0.2, 0) is 19.1 Å². The van der Waals surface area contributed by atoms with Gasteiger partial charge in [0.25, 0.3) is 5.91 Å². The lowest BCUT2D eigenvalue weighted by molar-refractivity contribution is -0.141. The summed E-state index contributed by atoms with van der Waals surface area (Å²) < 4.78 is 11.2. The molecule has 0 radical (unpaired) electrons. The summed E-state index contributed by atoms with van der Waals surface area (Å²) in [7, 11) is 0. The second-order valence-electron chi connectivity index (χ2n) is 8.81. The third-order valence-electron chi connectivity index (χ3n) is 6.22. The predicted molar refractivity (Wildman–Crippen MR) is 113 cm³/mol. The summed E-state index contributed by atoms with van der Waals surface area (Å²) >= 11 is 0. The van der Waals surface area contributed by atoms with Gasteiger partial charge in [0.1, 0.15) is 18.0 Å². The highest BCUT2D eigenvalue weighted by atomic mass is 16.6. The molecule has 9 heteroatoms. The van der Waals surface area contributed by atoms with Crippen molar-refractivity contribution in [1.29, 1.82) is 0 Å². The zero-order valence-corrected chi connectivity index (χ0v) is 18.2. The standard InChI is InChI=1S/C22H30N4O5/c1-16(2)14-30-18-19(27)22(7-5-9-26(22)20(18)28)15-31-21(29)25-12-10-24(11-13-25)17-6-3-4-8-23-17/h3-4,6,8,16,18H,5,7,9-15H2,1-2H3. The first-order valence-electron chi connectivity index (χ1n) is 11.0. The van der Waals surface area contributed by atoms with Gasteiger partial charge in [-0.05, 0) is 30.9 Å². The van der Waals surface area contributed by atoms with Crippen LogP contribution in [0.1, 0.15) is 26.7 Å². The number of hydrogen-bond acceptors (Lipinski definition) is 7. The number of rotatable bonds is 6. The van der Waals surface area contributed by atoms with Gasteiger partial charge in [0.2, 0.25) is 0 Å². The molecule has 3 saturated heterocycles. The van der Waals surface area contributed by atoms with Crippen molar-refractivity contribution in [3.05, 3.63) is 24.4 Å². The third kappa shape index (κ3) is 4.11. The third-order valence-corrected chi connectivity index (χ3v) is 6.22. The van der Waals surface area contributed by atoms with Crippen LogP contribution < -0.4 is 4.90 Å². The summed E-state index contributed by atoms with van der Waals surface area (Å²) in [6.07, 6.45) is 1.44. The predicted octanol–water partition coefficient (Wildman–Crippen LogP) is 1.33. The van der Waals surface area contributed by atoms with Crippen LogP contribution >= 0.6 is 0 Å². The maximum Gasteiger partial charge on any atom is 0.409 e. The van der Waals surface area contributed by atoms with E-state index in [2.05, 4.69) is 9.88 Å². The van der Waals surface area contributed by atoms with E-state index < -0.39 is 17.7 Å². The molecule has 2 atom stereocenters. The first-order valence-corrected chi connectivity index (χ1v) is 11.0. The monoisotopic (exact) mass is 430 g/mol. The molecular weight excluding hydrogens is 400 g/mol. The Labute approximate surface area is 182 Å². The number of pyridine rings is 1. The number of piperazine rings is 1. The minimum atomic E-state index is -1.08. The van der Waals surface area contributed by atoms with Gasteiger partial charge in [0, 0.05) is 38.9 Å². The van der Waals surface area contributed by atoms with Crippen molar-refractivity contribution in [2.24, 2.45) is 5.92 Å². The number of anilines is 1. The van der Waals surface area contributed by atoms with Gasteiger partial charge in [-0.2, -0.15) is 0 Å². The smallest absolute Gasteiger partial charge is 0.409 e. The molecular formula is C22H30N4O5. The molecule has 9 nitrogen and oxygen atoms in total. The number of fused-ring (bicyclic) bond motifs is 1. The van der Waals surface area contributed by atoms with E-state index in [-0.39, 0.29) is 24.2 Å². The Morgan fingerprint density at radius 2 is 1.97 bits per heavy atom. The van der Waals surface area contributed by atoms with Crippen LogP contribution in [0.4, 0.5) is 10.6 Å². The van der Waals surface area contributed by atoms with Crippen LogP contribution in [0.2, 0.25) is 0 Å². The van der Waals surface area contributed by atoms with Crippen molar-refractivity contribution >= 4 is 23.6 Å². The minimum absolute atomic E-state index is 0.113. The Bertz CT molecular complexity index is 824. The number of carbonyl (C=O) groups excluding carboxylic acids is 3. The molecule has 0 spiro atoms. The molecule has 0 N–H and O–H groups in total. The molecule has 0 bridgehead atoms. The zero-order chi connectivity index (χ0) is 22.0. The quantitative estimate of drug-likeness (QED) is 0.629. The number of hydrogen-bond donors (Lipinski definition) is 0. The van der Waals surface area contributed by atoms with E-state index in [1.54, 1.807) is 16.0 Å². The summed E-state index contributed by atoms with van der Waals surface area (Å²) in [5, 5.41) is 0. The molecule has 31 heavy (non-hydrogen) atoms. The number of ether oxygens (including phenoxy) is 2. The number of carbonyl (C=O) groups is 3. The Balaban J connectivity index is 1.34. The van der Waals surface area contributed by atoms with Crippen LogP contribution in [0.5, 0.6) is 0 Å². The van der Waals surface area contributed by atoms with Crippen molar-refractivity contribution in [2.45, 2.75) is 38.3 Å². The average Bonchev–Trinajstić information content (AvgIpc) is 3.30. The van der Waals surface area contributed by atoms with E-state index in [1.165, 1.54) is 0 Å². The lowest BCUT2D eigenvalue weighted by Crippen LogP contribution is -2.52. The first-order chi connectivity index (χ1) is 14.9. The second kappa shape index (κ2) is 8.82. The largest absolute Gasteiger partial charge is 0.446 e. The Hall–Kier alpha value is -2.68. The van der Waals surface area contributed by atoms with Crippen LogP contribution in [0.25, 0.3) is 0 Å². The topological polar surface area (TPSA) is 92.3 Å². The normalized spacial score (nSPS) is 26.0. The lowest BCUT2D eigenvalue weighted by Gasteiger charge is -2.36. The summed E-state index contributed by atoms with van der Waals surface area (Å²) in [4.78, 5) is 48.2. The van der Waals surface area contributed by atoms with E-state index in [0.717, 1.165) is 5.82 Å². The number of nitrogens with zero attached hydrogens (tertiary/aromatic N) is 4. The fourth-order valence-corrected chi connectivity index (χ4v) is 4.54. The van der Waals surface area contributed by atoms with Gasteiger partial charge in [0.05, 0.1) is 6.61 Å². The van der Waals surface area contributed by atoms with Crippen molar-refractivity contribution in [1.82, 2.24) is 14.8 Å². The molecule has 1 aromatic heterocycles. The molecule has 1 aromatic rings. The fourth-order valence-electron chi connectivity index (χ4n) is 4.54. The number of Topliss-reactive ketones (excluding diaryl/α,β-unsaturated/α-hetero) is 1. The van der Waals surface area contributed by atoms with Crippen molar-refractivity contribution in [3.63, 3.8) is 0 Å². The van der Waals surface area contributed by atoms with Gasteiger partial charge in [-0.15, -0.1) is 0 Å². The van der Waals surface area contributed by atoms with Gasteiger partial charge >= 0.3 is 6.09 Å². The van der Waals surface area contributed by atoms with Crippen LogP contribution in [0.15, 0.2) is 24.4 Å². The maximum absolute atomic E-state index is 13.1. The molecule has 2 unspecified atom stereocenters. The molecule has 3 aliphatic rings. The summed E-state index contributed by atoms with van der Waals surface area (Å²) in [5.41, 5.74) is -1.08.